The van der Waals surface area contributed by atoms with E-state index in [4.69, 9.17) is 9.97 Å². The molecule has 2 heteroatoms. The minimum atomic E-state index is -0.531. The van der Waals surface area contributed by atoms with Gasteiger partial charge in [-0.25, -0.2) is 9.97 Å². The van der Waals surface area contributed by atoms with Crippen LogP contribution in [0.15, 0.2) is 182 Å². The second kappa shape index (κ2) is 10.8. The maximum Gasteiger partial charge on any atom is 0.0985 e. The van der Waals surface area contributed by atoms with Gasteiger partial charge in [-0.1, -0.05) is 170 Å². The fourth-order valence-corrected chi connectivity index (χ4v) is 8.27. The molecular weight excluding hydrogens is 593 g/mol. The van der Waals surface area contributed by atoms with Gasteiger partial charge in [0.1, 0.15) is 0 Å². The van der Waals surface area contributed by atoms with Crippen LogP contribution in [0, 0.1) is 0 Å². The monoisotopic (exact) mass is 622 g/mol. The summed E-state index contributed by atoms with van der Waals surface area (Å²) in [7, 11) is 0. The van der Waals surface area contributed by atoms with Crippen molar-refractivity contribution < 1.29 is 0 Å². The maximum absolute atomic E-state index is 5.68. The molecule has 228 valence electrons. The minimum absolute atomic E-state index is 0.531. The number of fused-ring (bicyclic) bond motifs is 7. The predicted octanol–water partition coefficient (Wildman–Crippen LogP) is 11.6. The Balaban J connectivity index is 1.43. The Kier molecular flexibility index (Phi) is 6.13. The van der Waals surface area contributed by atoms with E-state index >= 15 is 0 Å². The van der Waals surface area contributed by atoms with Crippen LogP contribution in [-0.2, 0) is 5.41 Å². The molecular formula is C47H30N2. The van der Waals surface area contributed by atoms with Crippen molar-refractivity contribution in [2.24, 2.45) is 0 Å². The normalized spacial score (nSPS) is 13.1. The highest BCUT2D eigenvalue weighted by Crippen LogP contribution is 2.60. The Morgan fingerprint density at radius 1 is 0.388 bits per heavy atom. The molecule has 1 heterocycles. The molecule has 0 radical (unpaired) electrons. The van der Waals surface area contributed by atoms with E-state index in [2.05, 4.69) is 182 Å². The number of nitrogens with zero attached hydrogens (tertiary/aromatic N) is 2. The van der Waals surface area contributed by atoms with Crippen LogP contribution >= 0.6 is 0 Å². The molecule has 0 saturated heterocycles. The third-order valence-corrected chi connectivity index (χ3v) is 10.3. The maximum atomic E-state index is 5.68. The van der Waals surface area contributed by atoms with Gasteiger partial charge in [-0.05, 0) is 61.7 Å². The van der Waals surface area contributed by atoms with E-state index in [-0.39, 0.29) is 0 Å². The van der Waals surface area contributed by atoms with Gasteiger partial charge in [0.05, 0.1) is 27.8 Å². The molecule has 0 spiro atoms. The zero-order valence-corrected chi connectivity index (χ0v) is 26.7. The third kappa shape index (κ3) is 4.01. The molecule has 0 amide bonds. The zero-order chi connectivity index (χ0) is 32.4. The van der Waals surface area contributed by atoms with Crippen LogP contribution in [0.1, 0.15) is 22.3 Å². The van der Waals surface area contributed by atoms with Gasteiger partial charge in [-0.2, -0.15) is 0 Å². The average Bonchev–Trinajstić information content (AvgIpc) is 3.48. The van der Waals surface area contributed by atoms with Crippen molar-refractivity contribution in [1.29, 1.82) is 0 Å². The molecule has 0 atom stereocenters. The van der Waals surface area contributed by atoms with E-state index < -0.39 is 5.41 Å². The van der Waals surface area contributed by atoms with Crippen molar-refractivity contribution in [1.82, 2.24) is 9.97 Å². The summed E-state index contributed by atoms with van der Waals surface area (Å²) in [5.74, 6) is 0. The van der Waals surface area contributed by atoms with E-state index in [1.54, 1.807) is 0 Å². The third-order valence-electron chi connectivity index (χ3n) is 10.3. The first-order chi connectivity index (χ1) is 24.3. The summed E-state index contributed by atoms with van der Waals surface area (Å²) in [6.45, 7) is 0. The molecule has 0 unspecified atom stereocenters. The summed E-state index contributed by atoms with van der Waals surface area (Å²) >= 11 is 0. The molecule has 2 nitrogen and oxygen atoms in total. The smallest absolute Gasteiger partial charge is 0.0985 e. The fourth-order valence-electron chi connectivity index (χ4n) is 8.27. The summed E-state index contributed by atoms with van der Waals surface area (Å²) in [6.07, 6.45) is 0. The first-order valence-electron chi connectivity index (χ1n) is 16.8. The highest BCUT2D eigenvalue weighted by molar-refractivity contribution is 6.12. The Labute approximate surface area is 285 Å². The van der Waals surface area contributed by atoms with Crippen LogP contribution in [0.25, 0.3) is 66.2 Å². The lowest BCUT2D eigenvalue weighted by atomic mass is 9.67. The second-order valence-corrected chi connectivity index (χ2v) is 12.9. The lowest BCUT2D eigenvalue weighted by Crippen LogP contribution is -2.28. The fraction of sp³-hybridized carbons (Fsp3) is 0.0213. The summed E-state index contributed by atoms with van der Waals surface area (Å²) < 4.78 is 0. The molecule has 1 aliphatic carbocycles. The highest BCUT2D eigenvalue weighted by atomic mass is 14.8. The number of hydrogen-bond donors (Lipinski definition) is 0. The molecule has 8 aromatic carbocycles. The Hall–Kier alpha value is -6.38. The van der Waals surface area contributed by atoms with E-state index in [0.29, 0.717) is 0 Å². The van der Waals surface area contributed by atoms with Crippen molar-refractivity contribution in [3.05, 3.63) is 204 Å². The van der Waals surface area contributed by atoms with E-state index in [0.717, 1.165) is 44.3 Å². The molecule has 0 fully saturated rings. The van der Waals surface area contributed by atoms with Gasteiger partial charge in [-0.3, -0.25) is 0 Å². The minimum Gasteiger partial charge on any atom is -0.244 e. The second-order valence-electron chi connectivity index (χ2n) is 12.9. The van der Waals surface area contributed by atoms with Gasteiger partial charge >= 0.3 is 0 Å². The Bertz CT molecular complexity index is 2660. The van der Waals surface area contributed by atoms with Crippen LogP contribution < -0.4 is 0 Å². The average molecular weight is 623 g/mol. The van der Waals surface area contributed by atoms with Gasteiger partial charge in [0.2, 0.25) is 0 Å². The van der Waals surface area contributed by atoms with E-state index in [1.165, 1.54) is 44.2 Å². The summed E-state index contributed by atoms with van der Waals surface area (Å²) in [5, 5.41) is 4.61. The molecule has 0 aliphatic heterocycles. The van der Waals surface area contributed by atoms with Gasteiger partial charge < -0.3 is 0 Å². The molecule has 1 aliphatic rings. The lowest BCUT2D eigenvalue weighted by molar-refractivity contribution is 0.769. The van der Waals surface area contributed by atoms with Crippen molar-refractivity contribution >= 4 is 32.6 Å². The predicted molar refractivity (Wildman–Crippen MR) is 203 cm³/mol. The van der Waals surface area contributed by atoms with Crippen LogP contribution in [0.4, 0.5) is 0 Å². The number of rotatable bonds is 4. The van der Waals surface area contributed by atoms with Crippen LogP contribution in [0.5, 0.6) is 0 Å². The van der Waals surface area contributed by atoms with Crippen LogP contribution in [0.3, 0.4) is 0 Å². The topological polar surface area (TPSA) is 25.8 Å². The number of aromatic nitrogens is 2. The first kappa shape index (κ1) is 27.7. The first-order valence-corrected chi connectivity index (χ1v) is 16.8. The van der Waals surface area contributed by atoms with Gasteiger partial charge in [0.25, 0.3) is 0 Å². The summed E-state index contributed by atoms with van der Waals surface area (Å²) in [4.78, 5) is 11.1. The highest BCUT2D eigenvalue weighted by Gasteiger charge is 2.47. The van der Waals surface area contributed by atoms with Gasteiger partial charge in [-0.15, -0.1) is 0 Å². The van der Waals surface area contributed by atoms with Crippen LogP contribution in [-0.4, -0.2) is 9.97 Å². The molecule has 0 bridgehead atoms. The summed E-state index contributed by atoms with van der Waals surface area (Å²) in [6, 6.07) is 65.5. The SMILES string of the molecule is c1ccc(-c2nc3ccc4ccccc4c3nc2-c2c3c(cc4ccccc24)C(c2ccccc2)(c2ccccc2)c2ccccc2-3)cc1. The van der Waals surface area contributed by atoms with E-state index in [1.807, 2.05) is 0 Å². The van der Waals surface area contributed by atoms with Gasteiger partial charge in [0.15, 0.2) is 0 Å². The molecule has 49 heavy (non-hydrogen) atoms. The van der Waals surface area contributed by atoms with Crippen molar-refractivity contribution in [2.75, 3.05) is 0 Å². The number of benzene rings is 8. The van der Waals surface area contributed by atoms with E-state index in [9.17, 15) is 0 Å². The molecule has 0 saturated carbocycles. The van der Waals surface area contributed by atoms with Crippen molar-refractivity contribution in [3.8, 4) is 33.6 Å². The quantitative estimate of drug-likeness (QED) is 0.183. The standard InChI is InChI=1S/C47H30N2/c1-4-17-32(18-5-1)44-46(49-45-37-25-13-10-16-31(37)28-29-41(45)48-44)43-36-24-12-11-19-33(36)30-40-42(43)38-26-14-15-27-39(38)47(40,34-20-6-2-7-21-34)35-22-8-3-9-23-35/h1-30H. The molecule has 10 rings (SSSR count). The molecule has 1 aromatic heterocycles. The van der Waals surface area contributed by atoms with Crippen molar-refractivity contribution in [2.45, 2.75) is 5.41 Å². The zero-order valence-electron chi connectivity index (χ0n) is 26.7. The lowest BCUT2D eigenvalue weighted by Gasteiger charge is -2.34. The van der Waals surface area contributed by atoms with Gasteiger partial charge in [0, 0.05) is 16.5 Å². The molecule has 9 aromatic rings. The Morgan fingerprint density at radius 3 is 1.71 bits per heavy atom. The summed E-state index contributed by atoms with van der Waals surface area (Å²) in [5.41, 5.74) is 12.7. The largest absolute Gasteiger partial charge is 0.244 e. The molecule has 0 N–H and O–H groups in total. The Morgan fingerprint density at radius 2 is 0.980 bits per heavy atom. The van der Waals surface area contributed by atoms with Crippen molar-refractivity contribution in [3.63, 3.8) is 0 Å². The van der Waals surface area contributed by atoms with Crippen LogP contribution in [0.2, 0.25) is 0 Å². The number of hydrogen-bond acceptors (Lipinski definition) is 2.